The van der Waals surface area contributed by atoms with Crippen LogP contribution < -0.4 is 5.73 Å². The van der Waals surface area contributed by atoms with Crippen molar-refractivity contribution < 1.29 is 14.8 Å². The van der Waals surface area contributed by atoms with Crippen LogP contribution in [0.3, 0.4) is 0 Å². The lowest BCUT2D eigenvalue weighted by Crippen LogP contribution is -2.34. The van der Waals surface area contributed by atoms with Crippen molar-refractivity contribution in [3.63, 3.8) is 0 Å². The first-order valence-corrected chi connectivity index (χ1v) is 3.83. The predicted octanol–water partition coefficient (Wildman–Crippen LogP) is -0.733. The van der Waals surface area contributed by atoms with E-state index in [1.54, 1.807) is 30.3 Å². The van der Waals surface area contributed by atoms with Gasteiger partial charge in [0.2, 0.25) is 5.91 Å². The number of carbonyl (C=O) groups excluding carboxylic acids is 1. The van der Waals surface area contributed by atoms with Gasteiger partial charge in [-0.1, -0.05) is 30.3 Å². The molecule has 1 aromatic carbocycles. The van der Waals surface area contributed by atoms with Crippen LogP contribution in [0, 0.1) is 0 Å². The summed E-state index contributed by atoms with van der Waals surface area (Å²) >= 11 is 0. The molecule has 0 aliphatic carbocycles. The van der Waals surface area contributed by atoms with E-state index in [9.17, 15) is 4.79 Å². The normalized spacial score (nSPS) is 12.2. The van der Waals surface area contributed by atoms with Gasteiger partial charge in [-0.15, -0.1) is 0 Å². The molecule has 1 amide bonds. The minimum absolute atomic E-state index is 0.505. The highest BCUT2D eigenvalue weighted by Gasteiger charge is 2.30. The molecule has 0 aliphatic heterocycles. The van der Waals surface area contributed by atoms with E-state index in [-0.39, 0.29) is 0 Å². The molecule has 68 valence electrons. The minimum Gasteiger partial charge on any atom is -0.426 e. The third-order valence-electron chi connectivity index (χ3n) is 1.76. The molecule has 0 spiro atoms. The molecule has 5 heteroatoms. The highest BCUT2D eigenvalue weighted by Crippen LogP contribution is 2.15. The summed E-state index contributed by atoms with van der Waals surface area (Å²) in [6.45, 7) is 0. The molecule has 1 atom stereocenters. The smallest absolute Gasteiger partial charge is 0.426 e. The fraction of sp³-hybridized carbons (Fsp3) is 0.125. The van der Waals surface area contributed by atoms with Gasteiger partial charge in [0.05, 0.1) is 5.82 Å². The molecule has 1 aromatic rings. The molecule has 0 heterocycles. The van der Waals surface area contributed by atoms with E-state index in [4.69, 9.17) is 15.8 Å². The number of hydrogen-bond donors (Lipinski definition) is 3. The van der Waals surface area contributed by atoms with Crippen molar-refractivity contribution in [1.82, 2.24) is 0 Å². The fourth-order valence-electron chi connectivity index (χ4n) is 1.14. The van der Waals surface area contributed by atoms with Gasteiger partial charge in [-0.3, -0.25) is 4.79 Å². The van der Waals surface area contributed by atoms with Crippen molar-refractivity contribution in [2.75, 3.05) is 0 Å². The zero-order chi connectivity index (χ0) is 9.84. The van der Waals surface area contributed by atoms with E-state index >= 15 is 0 Å². The van der Waals surface area contributed by atoms with Crippen molar-refractivity contribution in [1.29, 1.82) is 0 Å². The van der Waals surface area contributed by atoms with E-state index in [1.807, 2.05) is 0 Å². The van der Waals surface area contributed by atoms with Crippen LogP contribution in [-0.2, 0) is 4.79 Å². The van der Waals surface area contributed by atoms with E-state index < -0.39 is 18.8 Å². The first kappa shape index (κ1) is 9.76. The van der Waals surface area contributed by atoms with Gasteiger partial charge >= 0.3 is 7.12 Å². The average Bonchev–Trinajstić information content (AvgIpc) is 2.04. The van der Waals surface area contributed by atoms with Crippen LogP contribution in [0.1, 0.15) is 11.4 Å². The maximum Gasteiger partial charge on any atom is 0.469 e. The topological polar surface area (TPSA) is 83.6 Å². The molecule has 13 heavy (non-hydrogen) atoms. The Bertz CT molecular complexity index is 289. The van der Waals surface area contributed by atoms with Crippen LogP contribution in [0.25, 0.3) is 0 Å². The number of nitrogens with two attached hydrogens (primary N) is 1. The maximum absolute atomic E-state index is 10.8. The summed E-state index contributed by atoms with van der Waals surface area (Å²) in [6, 6.07) is 8.41. The predicted molar refractivity (Wildman–Crippen MR) is 48.6 cm³/mol. The third kappa shape index (κ3) is 2.30. The maximum atomic E-state index is 10.8. The lowest BCUT2D eigenvalue weighted by atomic mass is 9.68. The molecule has 0 saturated carbocycles. The summed E-state index contributed by atoms with van der Waals surface area (Å²) in [6.07, 6.45) is 0. The lowest BCUT2D eigenvalue weighted by Gasteiger charge is -2.11. The van der Waals surface area contributed by atoms with Crippen LogP contribution in [0.15, 0.2) is 30.3 Å². The van der Waals surface area contributed by atoms with E-state index in [0.29, 0.717) is 5.56 Å². The Morgan fingerprint density at radius 1 is 1.31 bits per heavy atom. The Morgan fingerprint density at radius 2 is 1.85 bits per heavy atom. The summed E-state index contributed by atoms with van der Waals surface area (Å²) in [7, 11) is -1.75. The van der Waals surface area contributed by atoms with Crippen LogP contribution in [0.4, 0.5) is 0 Å². The molecule has 0 fully saturated rings. The van der Waals surface area contributed by atoms with Gasteiger partial charge in [-0.2, -0.15) is 0 Å². The minimum atomic E-state index is -1.75. The van der Waals surface area contributed by atoms with Gasteiger partial charge in [0, 0.05) is 0 Å². The molecule has 1 unspecified atom stereocenters. The largest absolute Gasteiger partial charge is 0.469 e. The van der Waals surface area contributed by atoms with Crippen LogP contribution in [0.2, 0.25) is 0 Å². The number of primary amides is 1. The fourth-order valence-corrected chi connectivity index (χ4v) is 1.14. The molecule has 0 radical (unpaired) electrons. The third-order valence-corrected chi connectivity index (χ3v) is 1.76. The second kappa shape index (κ2) is 4.07. The SMILES string of the molecule is NC(=O)C(B(O)O)c1ccccc1. The number of hydrogen-bond acceptors (Lipinski definition) is 3. The molecular weight excluding hydrogens is 169 g/mol. The molecule has 0 aromatic heterocycles. The zero-order valence-electron chi connectivity index (χ0n) is 6.92. The average molecular weight is 179 g/mol. The van der Waals surface area contributed by atoms with Gasteiger partial charge in [0.15, 0.2) is 0 Å². The standard InChI is InChI=1S/C8H10BNO3/c10-8(11)7(9(12)13)6-4-2-1-3-5-6/h1-5,7,12-13H,(H2,10,11). The molecule has 0 aliphatic rings. The molecule has 0 saturated heterocycles. The quantitative estimate of drug-likeness (QED) is 0.534. The zero-order valence-corrected chi connectivity index (χ0v) is 6.92. The number of carbonyl (C=O) groups is 1. The van der Waals surface area contributed by atoms with Crippen molar-refractivity contribution >= 4 is 13.0 Å². The second-order valence-corrected chi connectivity index (χ2v) is 2.70. The van der Waals surface area contributed by atoms with Crippen molar-refractivity contribution in [3.8, 4) is 0 Å². The van der Waals surface area contributed by atoms with Gasteiger partial charge < -0.3 is 15.8 Å². The highest BCUT2D eigenvalue weighted by molar-refractivity contribution is 6.49. The Morgan fingerprint density at radius 3 is 2.23 bits per heavy atom. The van der Waals surface area contributed by atoms with E-state index in [0.717, 1.165) is 0 Å². The van der Waals surface area contributed by atoms with Crippen molar-refractivity contribution in [3.05, 3.63) is 35.9 Å². The second-order valence-electron chi connectivity index (χ2n) is 2.70. The number of rotatable bonds is 3. The highest BCUT2D eigenvalue weighted by atomic mass is 16.4. The summed E-state index contributed by atoms with van der Waals surface area (Å²) in [5.74, 6) is -1.80. The Labute approximate surface area is 76.1 Å². The Kier molecular flexibility index (Phi) is 3.05. The lowest BCUT2D eigenvalue weighted by molar-refractivity contribution is -0.118. The van der Waals surface area contributed by atoms with Crippen molar-refractivity contribution in [2.45, 2.75) is 5.82 Å². The molecule has 4 N–H and O–H groups in total. The summed E-state index contributed by atoms with van der Waals surface area (Å²) in [5, 5.41) is 17.8. The van der Waals surface area contributed by atoms with Gasteiger partial charge in [0.25, 0.3) is 0 Å². The van der Waals surface area contributed by atoms with Crippen LogP contribution >= 0.6 is 0 Å². The molecular formula is C8H10BNO3. The van der Waals surface area contributed by atoms with Crippen LogP contribution in [0.5, 0.6) is 0 Å². The van der Waals surface area contributed by atoms with Gasteiger partial charge in [0.1, 0.15) is 0 Å². The molecule has 4 nitrogen and oxygen atoms in total. The monoisotopic (exact) mass is 179 g/mol. The van der Waals surface area contributed by atoms with E-state index in [2.05, 4.69) is 0 Å². The first-order valence-electron chi connectivity index (χ1n) is 3.83. The van der Waals surface area contributed by atoms with Gasteiger partial charge in [-0.25, -0.2) is 0 Å². The summed E-state index contributed by atoms with van der Waals surface area (Å²) < 4.78 is 0. The Balaban J connectivity index is 2.96. The van der Waals surface area contributed by atoms with Crippen molar-refractivity contribution in [2.24, 2.45) is 5.73 Å². The van der Waals surface area contributed by atoms with Gasteiger partial charge in [-0.05, 0) is 5.56 Å². The number of benzene rings is 1. The Hall–Kier alpha value is -1.33. The summed E-state index contributed by atoms with van der Waals surface area (Å²) in [5.41, 5.74) is 5.52. The van der Waals surface area contributed by atoms with Crippen LogP contribution in [-0.4, -0.2) is 23.1 Å². The molecule has 1 rings (SSSR count). The number of amides is 1. The molecule has 0 bridgehead atoms. The van der Waals surface area contributed by atoms with E-state index in [1.165, 1.54) is 0 Å². The summed E-state index contributed by atoms with van der Waals surface area (Å²) in [4.78, 5) is 10.8. The first-order chi connectivity index (χ1) is 6.13.